The molecule has 0 bridgehead atoms. The Morgan fingerprint density at radius 2 is 1.78 bits per heavy atom. The molecule has 0 unspecified atom stereocenters. The highest BCUT2D eigenvalue weighted by atomic mass is 35.5. The molecule has 0 saturated carbocycles. The lowest BCUT2D eigenvalue weighted by molar-refractivity contribution is -0.141. The molecule has 2 aromatic carbocycles. The number of carbonyl (C=O) groups is 3. The Balaban J connectivity index is 1.78. The summed E-state index contributed by atoms with van der Waals surface area (Å²) in [5.74, 6) is -1.23. The van der Waals surface area contributed by atoms with Crippen molar-refractivity contribution in [2.75, 3.05) is 6.54 Å². The van der Waals surface area contributed by atoms with Crippen LogP contribution in [-0.2, 0) is 26.2 Å². The van der Waals surface area contributed by atoms with Gasteiger partial charge in [-0.15, -0.1) is 0 Å². The quantitative estimate of drug-likeness (QED) is 0.426. The molecule has 0 radical (unpaired) electrons. The zero-order valence-electron chi connectivity index (χ0n) is 21.0. The van der Waals surface area contributed by atoms with Crippen LogP contribution in [0.5, 0.6) is 0 Å². The van der Waals surface area contributed by atoms with E-state index in [-0.39, 0.29) is 54.2 Å². The number of hydrogen-bond donors (Lipinski definition) is 1. The Bertz CT molecular complexity index is 1280. The van der Waals surface area contributed by atoms with Crippen molar-refractivity contribution in [3.63, 3.8) is 0 Å². The maximum Gasteiger partial charge on any atom is 0.269 e. The van der Waals surface area contributed by atoms with Gasteiger partial charge >= 0.3 is 0 Å². The molecule has 1 heterocycles. The summed E-state index contributed by atoms with van der Waals surface area (Å²) in [7, 11) is -3.96. The molecule has 3 amide bonds. The van der Waals surface area contributed by atoms with Gasteiger partial charge in [-0.1, -0.05) is 55.2 Å². The third kappa shape index (κ3) is 6.45. The van der Waals surface area contributed by atoms with Gasteiger partial charge in [0.15, 0.2) is 0 Å². The van der Waals surface area contributed by atoms with Crippen LogP contribution in [0.1, 0.15) is 62.4 Å². The standard InChI is InChI=1S/C26H31Cl2N3O5S/c1-4-17(3)29-25(33)22(5-2)30(16-18-12-13-19(27)15-21(18)28)24(32)11-8-14-31-26(34)20-9-6-7-10-23(20)37(31,35)36/h6-7,9-10,12-13,15,17,22H,4-5,8,11,14,16H2,1-3H3,(H,29,33)/t17-,22+/m0/s1. The van der Waals surface area contributed by atoms with Crippen molar-refractivity contribution < 1.29 is 22.8 Å². The molecule has 200 valence electrons. The van der Waals surface area contributed by atoms with Gasteiger partial charge in [0.25, 0.3) is 15.9 Å². The first kappa shape index (κ1) is 28.9. The molecular weight excluding hydrogens is 537 g/mol. The van der Waals surface area contributed by atoms with E-state index in [9.17, 15) is 22.8 Å². The van der Waals surface area contributed by atoms with Gasteiger partial charge in [0, 0.05) is 35.6 Å². The van der Waals surface area contributed by atoms with E-state index in [4.69, 9.17) is 23.2 Å². The summed E-state index contributed by atoms with van der Waals surface area (Å²) in [5, 5.41) is 3.75. The average molecular weight is 569 g/mol. The van der Waals surface area contributed by atoms with E-state index in [1.165, 1.54) is 17.0 Å². The highest BCUT2D eigenvalue weighted by Crippen LogP contribution is 2.30. The highest BCUT2D eigenvalue weighted by Gasteiger charge is 2.40. The van der Waals surface area contributed by atoms with Crippen LogP contribution in [0.4, 0.5) is 0 Å². The number of sulfonamides is 1. The molecule has 1 N–H and O–H groups in total. The minimum Gasteiger partial charge on any atom is -0.352 e. The number of carbonyl (C=O) groups excluding carboxylic acids is 3. The van der Waals surface area contributed by atoms with Crippen molar-refractivity contribution in [3.8, 4) is 0 Å². The Hall–Kier alpha value is -2.62. The molecule has 2 atom stereocenters. The van der Waals surface area contributed by atoms with Crippen LogP contribution in [0.2, 0.25) is 10.0 Å². The van der Waals surface area contributed by atoms with Crippen molar-refractivity contribution >= 4 is 50.9 Å². The van der Waals surface area contributed by atoms with E-state index in [2.05, 4.69) is 5.32 Å². The first-order valence-electron chi connectivity index (χ1n) is 12.2. The molecule has 11 heteroatoms. The van der Waals surface area contributed by atoms with Crippen LogP contribution < -0.4 is 5.32 Å². The molecule has 1 aliphatic heterocycles. The molecule has 0 fully saturated rings. The lowest BCUT2D eigenvalue weighted by Gasteiger charge is -2.32. The molecule has 2 aromatic rings. The molecule has 0 spiro atoms. The first-order valence-corrected chi connectivity index (χ1v) is 14.4. The van der Waals surface area contributed by atoms with Gasteiger partial charge in [-0.2, -0.15) is 0 Å². The Morgan fingerprint density at radius 3 is 2.41 bits per heavy atom. The third-order valence-electron chi connectivity index (χ3n) is 6.41. The summed E-state index contributed by atoms with van der Waals surface area (Å²) in [5.41, 5.74) is 0.752. The molecule has 0 aromatic heterocycles. The number of fused-ring (bicyclic) bond motifs is 1. The molecule has 8 nitrogen and oxygen atoms in total. The van der Waals surface area contributed by atoms with E-state index in [0.717, 1.165) is 10.7 Å². The maximum absolute atomic E-state index is 13.4. The van der Waals surface area contributed by atoms with E-state index < -0.39 is 22.0 Å². The van der Waals surface area contributed by atoms with Crippen LogP contribution in [0.3, 0.4) is 0 Å². The molecule has 0 aliphatic carbocycles. The predicted molar refractivity (Wildman–Crippen MR) is 143 cm³/mol. The van der Waals surface area contributed by atoms with E-state index in [1.807, 2.05) is 20.8 Å². The molecule has 3 rings (SSSR count). The number of hydrogen-bond acceptors (Lipinski definition) is 5. The van der Waals surface area contributed by atoms with Crippen molar-refractivity contribution in [2.45, 2.75) is 70.0 Å². The van der Waals surface area contributed by atoms with Crippen molar-refractivity contribution in [3.05, 3.63) is 63.6 Å². The van der Waals surface area contributed by atoms with Crippen LogP contribution in [0.25, 0.3) is 0 Å². The van der Waals surface area contributed by atoms with Gasteiger partial charge in [0.1, 0.15) is 10.9 Å². The van der Waals surface area contributed by atoms with Crippen molar-refractivity contribution in [1.29, 1.82) is 0 Å². The smallest absolute Gasteiger partial charge is 0.269 e. The summed E-state index contributed by atoms with van der Waals surface area (Å²) in [6.07, 6.45) is 1.15. The van der Waals surface area contributed by atoms with E-state index in [1.54, 1.807) is 30.3 Å². The summed E-state index contributed by atoms with van der Waals surface area (Å²) in [4.78, 5) is 40.6. The fourth-order valence-electron chi connectivity index (χ4n) is 4.16. The van der Waals surface area contributed by atoms with Crippen LogP contribution >= 0.6 is 23.2 Å². The summed E-state index contributed by atoms with van der Waals surface area (Å²) in [6.45, 7) is 5.59. The minimum absolute atomic E-state index is 0.0295. The number of nitrogens with zero attached hydrogens (tertiary/aromatic N) is 2. The average Bonchev–Trinajstić information content (AvgIpc) is 3.05. The zero-order valence-corrected chi connectivity index (χ0v) is 23.4. The van der Waals surface area contributed by atoms with Gasteiger partial charge < -0.3 is 10.2 Å². The Morgan fingerprint density at radius 1 is 1.08 bits per heavy atom. The first-order chi connectivity index (χ1) is 17.5. The van der Waals surface area contributed by atoms with Gasteiger partial charge in [0.2, 0.25) is 11.8 Å². The Kier molecular flexibility index (Phi) is 9.61. The minimum atomic E-state index is -3.96. The largest absolute Gasteiger partial charge is 0.352 e. The third-order valence-corrected chi connectivity index (χ3v) is 8.83. The molecule has 37 heavy (non-hydrogen) atoms. The van der Waals surface area contributed by atoms with E-state index >= 15 is 0 Å². The zero-order chi connectivity index (χ0) is 27.3. The predicted octanol–water partition coefficient (Wildman–Crippen LogP) is 4.64. The fourth-order valence-corrected chi connectivity index (χ4v) is 6.24. The SMILES string of the molecule is CC[C@H](C(=O)N[C@@H](C)CC)N(Cc1ccc(Cl)cc1Cl)C(=O)CCCN1C(=O)c2ccccc2S1(=O)=O. The van der Waals surface area contributed by atoms with E-state index in [0.29, 0.717) is 22.0 Å². The van der Waals surface area contributed by atoms with Gasteiger partial charge in [-0.05, 0) is 56.0 Å². The van der Waals surface area contributed by atoms with Crippen LogP contribution in [0, 0.1) is 0 Å². The number of nitrogens with one attached hydrogen (secondary N) is 1. The second-order valence-corrected chi connectivity index (χ2v) is 11.7. The normalized spacial score (nSPS) is 15.7. The second-order valence-electron chi connectivity index (χ2n) is 8.98. The summed E-state index contributed by atoms with van der Waals surface area (Å²) < 4.78 is 26.4. The topological polar surface area (TPSA) is 104 Å². The highest BCUT2D eigenvalue weighted by molar-refractivity contribution is 7.90. The number of benzene rings is 2. The Labute approximate surface area is 228 Å². The van der Waals surface area contributed by atoms with Gasteiger partial charge in [-0.3, -0.25) is 14.4 Å². The maximum atomic E-state index is 13.4. The van der Waals surface area contributed by atoms with Crippen molar-refractivity contribution in [2.24, 2.45) is 0 Å². The fraction of sp³-hybridized carbons (Fsp3) is 0.423. The second kappa shape index (κ2) is 12.3. The number of amides is 3. The van der Waals surface area contributed by atoms with Crippen molar-refractivity contribution in [1.82, 2.24) is 14.5 Å². The molecule has 0 saturated heterocycles. The number of rotatable bonds is 11. The monoisotopic (exact) mass is 567 g/mol. The molecule has 1 aliphatic rings. The summed E-state index contributed by atoms with van der Waals surface area (Å²) in [6, 6.07) is 10.2. The van der Waals surface area contributed by atoms with Crippen LogP contribution in [0.15, 0.2) is 47.4 Å². The van der Waals surface area contributed by atoms with Gasteiger partial charge in [0.05, 0.1) is 5.56 Å². The lowest BCUT2D eigenvalue weighted by atomic mass is 10.1. The lowest BCUT2D eigenvalue weighted by Crippen LogP contribution is -2.50. The molecular formula is C26H31Cl2N3O5S. The van der Waals surface area contributed by atoms with Gasteiger partial charge in [-0.25, -0.2) is 12.7 Å². The summed E-state index contributed by atoms with van der Waals surface area (Å²) >= 11 is 12.4. The number of halogens is 2. The van der Waals surface area contributed by atoms with Crippen LogP contribution in [-0.4, -0.2) is 54.0 Å².